The van der Waals surface area contributed by atoms with Crippen molar-refractivity contribution in [1.82, 2.24) is 0 Å². The summed E-state index contributed by atoms with van der Waals surface area (Å²) in [7, 11) is 4.81. The van der Waals surface area contributed by atoms with E-state index in [0.717, 1.165) is 19.2 Å². The molecule has 2 rings (SSSR count). The minimum atomic E-state index is -1.03. The van der Waals surface area contributed by atoms with Gasteiger partial charge in [-0.25, -0.2) is 18.4 Å². The molecule has 0 heterocycles. The highest BCUT2D eigenvalue weighted by Crippen LogP contribution is 2.30. The number of ether oxygens (including phenoxy) is 4. The van der Waals surface area contributed by atoms with E-state index in [1.807, 2.05) is 0 Å². The molecule has 30 heavy (non-hydrogen) atoms. The lowest BCUT2D eigenvalue weighted by Gasteiger charge is -2.07. The fraction of sp³-hybridized carbons (Fsp3) is 0.222. The van der Waals surface area contributed by atoms with Gasteiger partial charge in [0.15, 0.2) is 5.75 Å². The first-order valence-corrected chi connectivity index (χ1v) is 7.92. The van der Waals surface area contributed by atoms with Gasteiger partial charge in [-0.2, -0.15) is 0 Å². The van der Waals surface area contributed by atoms with Crippen LogP contribution in [0.5, 0.6) is 11.5 Å². The van der Waals surface area contributed by atoms with Crippen LogP contribution in [0.15, 0.2) is 24.3 Å². The number of hydrogen-bond donors (Lipinski definition) is 1. The Morgan fingerprint density at radius 2 is 1.30 bits per heavy atom. The molecule has 2 aromatic rings. The molecule has 10 nitrogen and oxygen atoms in total. The maximum Gasteiger partial charge on any atom is 0.340 e. The number of nitro groups is 1. The van der Waals surface area contributed by atoms with E-state index in [0.29, 0.717) is 6.07 Å². The van der Waals surface area contributed by atoms with Crippen LogP contribution >= 0.6 is 0 Å². The van der Waals surface area contributed by atoms with E-state index < -0.39 is 39.7 Å². The third kappa shape index (κ3) is 5.53. The van der Waals surface area contributed by atoms with Gasteiger partial charge in [-0.15, -0.1) is 0 Å². The van der Waals surface area contributed by atoms with Crippen molar-refractivity contribution in [1.29, 1.82) is 0 Å². The van der Waals surface area contributed by atoms with Gasteiger partial charge in [0, 0.05) is 12.1 Å². The Morgan fingerprint density at radius 1 is 0.867 bits per heavy atom. The van der Waals surface area contributed by atoms with Gasteiger partial charge in [0.25, 0.3) is 0 Å². The molecule has 2 aromatic carbocycles. The molecule has 0 aromatic heterocycles. The molecule has 0 amide bonds. The van der Waals surface area contributed by atoms with Gasteiger partial charge in [0.2, 0.25) is 0 Å². The lowest BCUT2D eigenvalue weighted by atomic mass is 10.2. The molecule has 0 spiro atoms. The number of hydrogen-bond acceptors (Lipinski definition) is 9. The third-order valence-electron chi connectivity index (χ3n) is 3.60. The molecule has 0 aliphatic heterocycles. The Labute approximate surface area is 169 Å². The van der Waals surface area contributed by atoms with Crippen molar-refractivity contribution < 1.29 is 42.2 Å². The zero-order valence-electron chi connectivity index (χ0n) is 16.4. The molecule has 0 aliphatic rings. The van der Waals surface area contributed by atoms with Gasteiger partial charge >= 0.3 is 17.6 Å². The Morgan fingerprint density at radius 3 is 1.70 bits per heavy atom. The summed E-state index contributed by atoms with van der Waals surface area (Å²) >= 11 is 0. The van der Waals surface area contributed by atoms with Gasteiger partial charge in [-0.05, 0) is 6.07 Å². The summed E-state index contributed by atoms with van der Waals surface area (Å²) in [6, 6.07) is 3.77. The number of esters is 2. The number of carbonyl (C=O) groups excluding carboxylic acids is 2. The van der Waals surface area contributed by atoms with E-state index in [2.05, 4.69) is 14.2 Å². The number of anilines is 1. The minimum Gasteiger partial charge on any atom is -0.495 e. The number of nitro benzene ring substituents is 1. The Kier molecular flexibility index (Phi) is 8.47. The van der Waals surface area contributed by atoms with Crippen molar-refractivity contribution >= 4 is 23.3 Å². The lowest BCUT2D eigenvalue weighted by molar-refractivity contribution is -0.385. The molecule has 0 aliphatic carbocycles. The molecular formula is C18H18F2N2O8. The van der Waals surface area contributed by atoms with Gasteiger partial charge in [-0.3, -0.25) is 10.1 Å². The number of nitrogen functional groups attached to an aromatic ring is 1. The topological polar surface area (TPSA) is 140 Å². The molecule has 162 valence electrons. The second-order valence-corrected chi connectivity index (χ2v) is 5.32. The number of benzene rings is 2. The molecule has 0 saturated carbocycles. The summed E-state index contributed by atoms with van der Waals surface area (Å²) < 4.78 is 44.7. The van der Waals surface area contributed by atoms with Crippen LogP contribution in [0.2, 0.25) is 0 Å². The molecule has 0 bridgehead atoms. The average Bonchev–Trinajstić information content (AvgIpc) is 2.72. The highest BCUT2D eigenvalue weighted by molar-refractivity contribution is 5.91. The van der Waals surface area contributed by atoms with E-state index in [4.69, 9.17) is 10.5 Å². The van der Waals surface area contributed by atoms with E-state index in [-0.39, 0.29) is 22.7 Å². The van der Waals surface area contributed by atoms with Crippen molar-refractivity contribution in [2.75, 3.05) is 34.2 Å². The Hall–Kier alpha value is -3.96. The summed E-state index contributed by atoms with van der Waals surface area (Å²) in [6.07, 6.45) is 0. The van der Waals surface area contributed by atoms with E-state index in [1.54, 1.807) is 0 Å². The zero-order chi connectivity index (χ0) is 23.0. The molecule has 12 heteroatoms. The predicted molar refractivity (Wildman–Crippen MR) is 99.6 cm³/mol. The molecule has 2 N–H and O–H groups in total. The van der Waals surface area contributed by atoms with Crippen LogP contribution in [-0.2, 0) is 9.47 Å². The van der Waals surface area contributed by atoms with Crippen molar-refractivity contribution in [2.24, 2.45) is 0 Å². The van der Waals surface area contributed by atoms with Gasteiger partial charge in [0.1, 0.15) is 17.4 Å². The Bertz CT molecular complexity index is 966. The zero-order valence-corrected chi connectivity index (χ0v) is 16.4. The summed E-state index contributed by atoms with van der Waals surface area (Å²) in [4.78, 5) is 31.9. The largest absolute Gasteiger partial charge is 0.495 e. The highest BCUT2D eigenvalue weighted by Gasteiger charge is 2.22. The van der Waals surface area contributed by atoms with Crippen molar-refractivity contribution in [3.05, 3.63) is 57.1 Å². The number of nitrogens with zero attached hydrogens (tertiary/aromatic N) is 1. The highest BCUT2D eigenvalue weighted by atomic mass is 19.1. The van der Waals surface area contributed by atoms with Gasteiger partial charge in [-0.1, -0.05) is 0 Å². The molecule has 0 radical (unpaired) electrons. The fourth-order valence-electron chi connectivity index (χ4n) is 2.13. The normalized spacial score (nSPS) is 9.67. The fourth-order valence-corrected chi connectivity index (χ4v) is 2.13. The smallest absolute Gasteiger partial charge is 0.340 e. The first-order valence-electron chi connectivity index (χ1n) is 7.92. The van der Waals surface area contributed by atoms with Crippen LogP contribution in [-0.4, -0.2) is 45.3 Å². The standard InChI is InChI=1S/C9H8FNO5.C9H10FNO3/c1-15-8-3-5(9(12)16-2)6(10)4-7(8)11(13)14;1-13-8-3-5(9(12)14-2)6(10)4-7(8)11/h3-4H,1-2H3;3-4H,11H2,1-2H3. The summed E-state index contributed by atoms with van der Waals surface area (Å²) in [5.41, 5.74) is 4.41. The maximum atomic E-state index is 13.3. The van der Waals surface area contributed by atoms with Crippen molar-refractivity contribution in [3.63, 3.8) is 0 Å². The maximum absolute atomic E-state index is 13.3. The quantitative estimate of drug-likeness (QED) is 0.329. The summed E-state index contributed by atoms with van der Waals surface area (Å²) in [5, 5.41) is 10.5. The first kappa shape index (κ1) is 24.1. The van der Waals surface area contributed by atoms with Crippen LogP contribution in [0.3, 0.4) is 0 Å². The molecule has 0 fully saturated rings. The molecule has 0 saturated heterocycles. The molecule has 0 atom stereocenters. The van der Waals surface area contributed by atoms with Crippen LogP contribution in [0.25, 0.3) is 0 Å². The van der Waals surface area contributed by atoms with Crippen LogP contribution in [0.4, 0.5) is 20.2 Å². The number of carbonyl (C=O) groups is 2. The number of nitrogens with two attached hydrogens (primary N) is 1. The van der Waals surface area contributed by atoms with Crippen molar-refractivity contribution in [2.45, 2.75) is 0 Å². The van der Waals surface area contributed by atoms with Crippen molar-refractivity contribution in [3.8, 4) is 11.5 Å². The average molecular weight is 428 g/mol. The van der Waals surface area contributed by atoms with E-state index >= 15 is 0 Å². The van der Waals surface area contributed by atoms with E-state index in [9.17, 15) is 28.5 Å². The molecular weight excluding hydrogens is 410 g/mol. The third-order valence-corrected chi connectivity index (χ3v) is 3.60. The number of methoxy groups -OCH3 is 4. The van der Waals surface area contributed by atoms with E-state index in [1.165, 1.54) is 27.4 Å². The first-order chi connectivity index (χ1) is 14.1. The summed E-state index contributed by atoms with van der Waals surface area (Å²) in [5.74, 6) is -3.40. The minimum absolute atomic E-state index is 0.137. The van der Waals surface area contributed by atoms with Crippen LogP contribution < -0.4 is 15.2 Å². The van der Waals surface area contributed by atoms with Gasteiger partial charge in [0.05, 0.1) is 56.2 Å². The monoisotopic (exact) mass is 428 g/mol. The Balaban J connectivity index is 0.000000303. The SMILES string of the molecule is COC(=O)c1cc(OC)c(N)cc1F.COC(=O)c1cc(OC)c([N+](=O)[O-])cc1F. The second-order valence-electron chi connectivity index (χ2n) is 5.32. The van der Waals surface area contributed by atoms with Gasteiger partial charge < -0.3 is 24.7 Å². The van der Waals surface area contributed by atoms with Crippen LogP contribution in [0.1, 0.15) is 20.7 Å². The molecule has 0 unspecified atom stereocenters. The lowest BCUT2D eigenvalue weighted by Crippen LogP contribution is -2.06. The number of halogens is 2. The van der Waals surface area contributed by atoms with Crippen LogP contribution in [0, 0.1) is 21.7 Å². The summed E-state index contributed by atoms with van der Waals surface area (Å²) in [6.45, 7) is 0. The number of rotatable bonds is 5. The second kappa shape index (κ2) is 10.5. The predicted octanol–water partition coefficient (Wildman–Crippen LogP) is 2.73.